The largest absolute Gasteiger partial charge is 0.494 e. The third-order valence-corrected chi connectivity index (χ3v) is 7.61. The average molecular weight is 690 g/mol. The van der Waals surface area contributed by atoms with Crippen LogP contribution in [0.3, 0.4) is 0 Å². The molecule has 0 aromatic heterocycles. The van der Waals surface area contributed by atoms with Gasteiger partial charge in [0.1, 0.15) is 24.7 Å². The Bertz CT molecular complexity index is 1470. The molecule has 0 unspecified atom stereocenters. The average Bonchev–Trinajstić information content (AvgIpc) is 3.17. The quantitative estimate of drug-likeness (QED) is 0.230. The summed E-state index contributed by atoms with van der Waals surface area (Å²) >= 11 is 7.71. The van der Waals surface area contributed by atoms with Gasteiger partial charge in [0.25, 0.3) is 11.1 Å². The molecule has 1 aliphatic heterocycles. The molecule has 2 N–H and O–H groups in total. The van der Waals surface area contributed by atoms with Crippen molar-refractivity contribution in [2.45, 2.75) is 13.5 Å². The van der Waals surface area contributed by atoms with Crippen LogP contribution in [-0.2, 0) is 16.2 Å². The van der Waals surface area contributed by atoms with Crippen LogP contribution in [0.15, 0.2) is 74.5 Å². The predicted molar refractivity (Wildman–Crippen MR) is 158 cm³/mol. The summed E-state index contributed by atoms with van der Waals surface area (Å²) in [4.78, 5) is 50.0. The second kappa shape index (κ2) is 13.2. The fourth-order valence-electron chi connectivity index (χ4n) is 3.63. The van der Waals surface area contributed by atoms with Crippen molar-refractivity contribution >= 4 is 78.4 Å². The number of hydrogen-bond acceptors (Lipinski definition) is 7. The molecule has 3 aromatic rings. The third-order valence-electron chi connectivity index (χ3n) is 5.53. The minimum absolute atomic E-state index is 0.185. The number of halogens is 2. The first-order valence-electron chi connectivity index (χ1n) is 11.9. The van der Waals surface area contributed by atoms with E-state index < -0.39 is 29.6 Å². The summed E-state index contributed by atoms with van der Waals surface area (Å²) in [7, 11) is 0. The SMILES string of the molecule is CCOc1ccc(NC(=O)CN2C(=O)S/C(=C/c3cc(Br)c(OCc4ccc(C(=O)O)cc4)c(Br)c3)C2=O)cc1. The molecule has 9 nitrogen and oxygen atoms in total. The summed E-state index contributed by atoms with van der Waals surface area (Å²) < 4.78 is 12.5. The number of aromatic carboxylic acids is 1. The number of hydrogen-bond donors (Lipinski definition) is 2. The van der Waals surface area contributed by atoms with Gasteiger partial charge in [0.15, 0.2) is 0 Å². The standard InChI is InChI=1S/C28H22Br2N2O7S/c1-2-38-20-9-7-19(8-10-20)31-24(33)14-32-26(34)23(40-28(32)37)13-17-11-21(29)25(22(30)12-17)39-15-16-3-5-18(6-4-16)27(35)36/h3-13H,2,14-15H2,1H3,(H,31,33)(H,35,36)/b23-13+. The normalized spacial score (nSPS) is 14.0. The summed E-state index contributed by atoms with van der Waals surface area (Å²) in [6.07, 6.45) is 1.57. The van der Waals surface area contributed by atoms with Crippen molar-refractivity contribution < 1.29 is 33.8 Å². The number of carbonyl (C=O) groups excluding carboxylic acids is 3. The van der Waals surface area contributed by atoms with Gasteiger partial charge in [-0.3, -0.25) is 19.3 Å². The zero-order valence-corrected chi connectivity index (χ0v) is 25.0. The van der Waals surface area contributed by atoms with Gasteiger partial charge in [0.05, 0.1) is 26.0 Å². The summed E-state index contributed by atoms with van der Waals surface area (Å²) in [5.74, 6) is -0.884. The Morgan fingerprint density at radius 2 is 1.65 bits per heavy atom. The first kappa shape index (κ1) is 29.4. The predicted octanol–water partition coefficient (Wildman–Crippen LogP) is 6.56. The van der Waals surface area contributed by atoms with Gasteiger partial charge in [0.2, 0.25) is 5.91 Å². The third kappa shape index (κ3) is 7.32. The Balaban J connectivity index is 1.39. The van der Waals surface area contributed by atoms with Crippen molar-refractivity contribution in [3.63, 3.8) is 0 Å². The van der Waals surface area contributed by atoms with Gasteiger partial charge >= 0.3 is 5.97 Å². The van der Waals surface area contributed by atoms with E-state index in [0.29, 0.717) is 38.3 Å². The fourth-order valence-corrected chi connectivity index (χ4v) is 5.92. The van der Waals surface area contributed by atoms with E-state index in [0.717, 1.165) is 22.2 Å². The van der Waals surface area contributed by atoms with Crippen LogP contribution in [0.2, 0.25) is 0 Å². The highest BCUT2D eigenvalue weighted by Crippen LogP contribution is 2.38. The van der Waals surface area contributed by atoms with Crippen molar-refractivity contribution in [3.05, 3.63) is 91.2 Å². The highest BCUT2D eigenvalue weighted by Gasteiger charge is 2.36. The number of ether oxygens (including phenoxy) is 2. The molecule has 1 aliphatic rings. The van der Waals surface area contributed by atoms with Gasteiger partial charge in [-0.05, 0) is 116 Å². The molecule has 1 fully saturated rings. The van der Waals surface area contributed by atoms with Crippen LogP contribution in [0.1, 0.15) is 28.4 Å². The van der Waals surface area contributed by atoms with Crippen LogP contribution >= 0.6 is 43.6 Å². The van der Waals surface area contributed by atoms with Crippen LogP contribution in [-0.4, -0.2) is 46.2 Å². The van der Waals surface area contributed by atoms with Crippen LogP contribution in [0.4, 0.5) is 10.5 Å². The summed E-state index contributed by atoms with van der Waals surface area (Å²) in [5, 5.41) is 11.2. The number of benzene rings is 3. The van der Waals surface area contributed by atoms with Gasteiger partial charge in [-0.1, -0.05) is 12.1 Å². The zero-order chi connectivity index (χ0) is 28.8. The maximum absolute atomic E-state index is 12.9. The number of rotatable bonds is 10. The minimum atomic E-state index is -1.00. The number of imide groups is 1. The van der Waals surface area contributed by atoms with Crippen LogP contribution < -0.4 is 14.8 Å². The monoisotopic (exact) mass is 688 g/mol. The van der Waals surface area contributed by atoms with Crippen molar-refractivity contribution in [1.29, 1.82) is 0 Å². The molecule has 0 atom stereocenters. The van der Waals surface area contributed by atoms with E-state index >= 15 is 0 Å². The molecule has 12 heteroatoms. The van der Waals surface area contributed by atoms with Gasteiger partial charge in [-0.25, -0.2) is 4.79 Å². The molecule has 0 aliphatic carbocycles. The Hall–Kier alpha value is -3.61. The number of thioether (sulfide) groups is 1. The summed E-state index contributed by atoms with van der Waals surface area (Å²) in [6.45, 7) is 2.18. The molecule has 0 spiro atoms. The molecular weight excluding hydrogens is 668 g/mol. The van der Waals surface area contributed by atoms with E-state index in [1.807, 2.05) is 6.92 Å². The molecule has 4 rings (SSSR count). The van der Waals surface area contributed by atoms with Crippen molar-refractivity contribution in [1.82, 2.24) is 4.90 Å². The Kier molecular flexibility index (Phi) is 9.67. The minimum Gasteiger partial charge on any atom is -0.494 e. The number of carbonyl (C=O) groups is 4. The Morgan fingerprint density at radius 1 is 1.00 bits per heavy atom. The number of nitrogens with one attached hydrogen (secondary N) is 1. The molecule has 3 aromatic carbocycles. The van der Waals surface area contributed by atoms with Gasteiger partial charge < -0.3 is 19.9 Å². The number of nitrogens with zero attached hydrogens (tertiary/aromatic N) is 1. The van der Waals surface area contributed by atoms with Crippen molar-refractivity contribution in [2.75, 3.05) is 18.5 Å². The van der Waals surface area contributed by atoms with E-state index in [9.17, 15) is 19.2 Å². The number of carboxylic acid groups (broad SMARTS) is 1. The van der Waals surface area contributed by atoms with E-state index in [4.69, 9.17) is 14.6 Å². The molecule has 1 heterocycles. The van der Waals surface area contributed by atoms with Crippen molar-refractivity contribution in [3.8, 4) is 11.5 Å². The smallest absolute Gasteiger partial charge is 0.335 e. The highest BCUT2D eigenvalue weighted by atomic mass is 79.9. The van der Waals surface area contributed by atoms with E-state index in [2.05, 4.69) is 37.2 Å². The highest BCUT2D eigenvalue weighted by molar-refractivity contribution is 9.11. The van der Waals surface area contributed by atoms with Gasteiger partial charge in [0, 0.05) is 5.69 Å². The van der Waals surface area contributed by atoms with Crippen LogP contribution in [0.25, 0.3) is 6.08 Å². The number of carboxylic acids is 1. The second-order valence-electron chi connectivity index (χ2n) is 8.38. The summed E-state index contributed by atoms with van der Waals surface area (Å²) in [6, 6.07) is 16.6. The maximum atomic E-state index is 12.9. The Labute approximate surface area is 250 Å². The number of amides is 3. The lowest BCUT2D eigenvalue weighted by Crippen LogP contribution is -2.36. The molecule has 3 amide bonds. The molecule has 0 saturated carbocycles. The molecule has 0 bridgehead atoms. The van der Waals surface area contributed by atoms with Gasteiger partial charge in [-0.2, -0.15) is 0 Å². The molecular formula is C28H22Br2N2O7S. The van der Waals surface area contributed by atoms with E-state index in [1.54, 1.807) is 54.6 Å². The molecule has 1 saturated heterocycles. The van der Waals surface area contributed by atoms with E-state index in [-0.39, 0.29) is 17.1 Å². The van der Waals surface area contributed by atoms with Crippen LogP contribution in [0, 0.1) is 0 Å². The van der Waals surface area contributed by atoms with Crippen LogP contribution in [0.5, 0.6) is 11.5 Å². The van der Waals surface area contributed by atoms with Crippen molar-refractivity contribution in [2.24, 2.45) is 0 Å². The summed E-state index contributed by atoms with van der Waals surface area (Å²) in [5.41, 5.74) is 2.12. The molecule has 0 radical (unpaired) electrons. The lowest BCUT2D eigenvalue weighted by atomic mass is 10.1. The fraction of sp³-hybridized carbons (Fsp3) is 0.143. The topological polar surface area (TPSA) is 122 Å². The van der Waals surface area contributed by atoms with Gasteiger partial charge in [-0.15, -0.1) is 0 Å². The maximum Gasteiger partial charge on any atom is 0.335 e. The first-order chi connectivity index (χ1) is 19.1. The number of anilines is 1. The van der Waals surface area contributed by atoms with E-state index in [1.165, 1.54) is 12.1 Å². The zero-order valence-electron chi connectivity index (χ0n) is 21.0. The lowest BCUT2D eigenvalue weighted by molar-refractivity contribution is -0.127. The lowest BCUT2D eigenvalue weighted by Gasteiger charge is -2.13. The first-order valence-corrected chi connectivity index (χ1v) is 14.3. The second-order valence-corrected chi connectivity index (χ2v) is 11.1. The molecule has 40 heavy (non-hydrogen) atoms. The molecule has 206 valence electrons. The Morgan fingerprint density at radius 3 is 2.25 bits per heavy atom.